The Hall–Kier alpha value is -4.39. The van der Waals surface area contributed by atoms with Crippen LogP contribution in [-0.4, -0.2) is 22.3 Å². The first-order valence-corrected chi connectivity index (χ1v) is 12.4. The van der Waals surface area contributed by atoms with Crippen molar-refractivity contribution >= 4 is 17.7 Å². The highest BCUT2D eigenvalue weighted by Crippen LogP contribution is 2.48. The molecule has 1 aromatic heterocycles. The second-order valence-electron chi connectivity index (χ2n) is 9.31. The summed E-state index contributed by atoms with van der Waals surface area (Å²) in [5, 5.41) is 16.5. The topological polar surface area (TPSA) is 102 Å². The lowest BCUT2D eigenvalue weighted by atomic mass is 9.93. The van der Waals surface area contributed by atoms with Crippen molar-refractivity contribution in [1.82, 2.24) is 5.16 Å². The Labute approximate surface area is 215 Å². The molecule has 4 aromatic rings. The van der Waals surface area contributed by atoms with E-state index in [9.17, 15) is 14.7 Å². The molecule has 1 saturated carbocycles. The fraction of sp³-hybridized carbons (Fsp3) is 0.233. The maximum absolute atomic E-state index is 12.7. The Morgan fingerprint density at radius 1 is 0.973 bits per heavy atom. The van der Waals surface area contributed by atoms with Gasteiger partial charge in [-0.2, -0.15) is 0 Å². The number of rotatable bonds is 8. The SMILES string of the molecule is CCc1noc(-c2ccc(-c3ccc(C4(C(=O)O)CC4)cc3)cc2)c1NC(=O)O[C@H](C)c1ccccc1. The number of aliphatic carboxylic acids is 1. The van der Waals surface area contributed by atoms with Gasteiger partial charge in [-0.25, -0.2) is 4.79 Å². The minimum Gasteiger partial charge on any atom is -0.481 e. The third kappa shape index (κ3) is 4.85. The van der Waals surface area contributed by atoms with Crippen LogP contribution in [0.5, 0.6) is 0 Å². The van der Waals surface area contributed by atoms with E-state index in [1.807, 2.05) is 92.7 Å². The highest BCUT2D eigenvalue weighted by atomic mass is 16.6. The lowest BCUT2D eigenvalue weighted by Gasteiger charge is -2.14. The van der Waals surface area contributed by atoms with Gasteiger partial charge in [-0.05, 0) is 48.4 Å². The second kappa shape index (κ2) is 9.93. The molecule has 1 aliphatic carbocycles. The molecule has 7 nitrogen and oxygen atoms in total. The summed E-state index contributed by atoms with van der Waals surface area (Å²) in [6.45, 7) is 3.76. The number of benzene rings is 3. The molecule has 0 spiro atoms. The number of aromatic nitrogens is 1. The summed E-state index contributed by atoms with van der Waals surface area (Å²) in [5.74, 6) is -0.300. The average Bonchev–Trinajstić information content (AvgIpc) is 3.65. The number of carboxylic acids is 1. The van der Waals surface area contributed by atoms with Crippen LogP contribution in [0, 0.1) is 0 Å². The number of aryl methyl sites for hydroxylation is 1. The Bertz CT molecular complexity index is 1400. The fourth-order valence-corrected chi connectivity index (χ4v) is 4.52. The molecule has 1 amide bonds. The van der Waals surface area contributed by atoms with Crippen LogP contribution < -0.4 is 5.32 Å². The summed E-state index contributed by atoms with van der Waals surface area (Å²) in [6, 6.07) is 25.0. The number of anilines is 1. The molecule has 0 saturated heterocycles. The predicted molar refractivity (Wildman–Crippen MR) is 140 cm³/mol. The van der Waals surface area contributed by atoms with Crippen LogP contribution in [-0.2, 0) is 21.4 Å². The van der Waals surface area contributed by atoms with Crippen LogP contribution in [0.3, 0.4) is 0 Å². The van der Waals surface area contributed by atoms with Gasteiger partial charge in [0.1, 0.15) is 17.5 Å². The molecule has 7 heteroatoms. The predicted octanol–water partition coefficient (Wildman–Crippen LogP) is 7.00. The van der Waals surface area contributed by atoms with Crippen LogP contribution >= 0.6 is 0 Å². The standard InChI is InChI=1S/C30H28N2O5/c1-3-25-26(31-29(35)36-19(2)20-7-5-4-6-8-20)27(37-32-25)23-11-9-21(10-12-23)22-13-15-24(16-14-22)30(17-18-30)28(33)34/h4-16,19H,3,17-18H2,1-2H3,(H,31,35)(H,33,34)/t19-/m1/s1. The monoisotopic (exact) mass is 496 g/mol. The molecule has 5 rings (SSSR count). The molecule has 1 atom stereocenters. The van der Waals surface area contributed by atoms with Crippen molar-refractivity contribution in [3.05, 3.63) is 95.7 Å². The molecule has 1 fully saturated rings. The lowest BCUT2D eigenvalue weighted by molar-refractivity contribution is -0.140. The van der Waals surface area contributed by atoms with Crippen LogP contribution in [0.2, 0.25) is 0 Å². The van der Waals surface area contributed by atoms with Crippen LogP contribution in [0.15, 0.2) is 83.4 Å². The summed E-state index contributed by atoms with van der Waals surface area (Å²) < 4.78 is 11.2. The van der Waals surface area contributed by atoms with Gasteiger partial charge in [0, 0.05) is 5.56 Å². The smallest absolute Gasteiger partial charge is 0.412 e. The van der Waals surface area contributed by atoms with Gasteiger partial charge in [0.15, 0.2) is 5.76 Å². The molecule has 1 aliphatic rings. The van der Waals surface area contributed by atoms with Gasteiger partial charge in [0.25, 0.3) is 0 Å². The normalized spacial score (nSPS) is 14.5. The van der Waals surface area contributed by atoms with E-state index < -0.39 is 23.6 Å². The lowest BCUT2D eigenvalue weighted by Crippen LogP contribution is -2.19. The Kier molecular flexibility index (Phi) is 6.53. The number of carbonyl (C=O) groups excluding carboxylic acids is 1. The summed E-state index contributed by atoms with van der Waals surface area (Å²) in [4.78, 5) is 24.3. The Morgan fingerprint density at radius 2 is 1.57 bits per heavy atom. The molecule has 0 bridgehead atoms. The maximum atomic E-state index is 12.7. The molecule has 1 heterocycles. The third-order valence-corrected chi connectivity index (χ3v) is 6.95. The van der Waals surface area contributed by atoms with E-state index in [4.69, 9.17) is 9.26 Å². The van der Waals surface area contributed by atoms with Crippen molar-refractivity contribution in [3.8, 4) is 22.5 Å². The first-order chi connectivity index (χ1) is 17.9. The molecule has 0 radical (unpaired) electrons. The number of carboxylic acid groups (broad SMARTS) is 1. The number of amides is 1. The zero-order valence-corrected chi connectivity index (χ0v) is 20.7. The van der Waals surface area contributed by atoms with Crippen molar-refractivity contribution in [2.45, 2.75) is 44.6 Å². The maximum Gasteiger partial charge on any atom is 0.412 e. The third-order valence-electron chi connectivity index (χ3n) is 6.95. The number of hydrogen-bond donors (Lipinski definition) is 2. The highest BCUT2D eigenvalue weighted by Gasteiger charge is 2.51. The molecular weight excluding hydrogens is 468 g/mol. The molecule has 188 valence electrons. The van der Waals surface area contributed by atoms with Crippen molar-refractivity contribution in [3.63, 3.8) is 0 Å². The van der Waals surface area contributed by atoms with Crippen molar-refractivity contribution < 1.29 is 24.0 Å². The fourth-order valence-electron chi connectivity index (χ4n) is 4.52. The zero-order valence-electron chi connectivity index (χ0n) is 20.7. The van der Waals surface area contributed by atoms with Gasteiger partial charge < -0.3 is 14.4 Å². The largest absolute Gasteiger partial charge is 0.481 e. The van der Waals surface area contributed by atoms with Gasteiger partial charge >= 0.3 is 12.1 Å². The van der Waals surface area contributed by atoms with Crippen LogP contribution in [0.4, 0.5) is 10.5 Å². The van der Waals surface area contributed by atoms with Crippen LogP contribution in [0.25, 0.3) is 22.5 Å². The zero-order chi connectivity index (χ0) is 26.0. The molecule has 0 unspecified atom stereocenters. The first-order valence-electron chi connectivity index (χ1n) is 12.4. The highest BCUT2D eigenvalue weighted by molar-refractivity contribution is 5.91. The minimum absolute atomic E-state index is 0.412. The van der Waals surface area contributed by atoms with E-state index in [2.05, 4.69) is 10.5 Å². The summed E-state index contributed by atoms with van der Waals surface area (Å²) in [5.41, 5.74) is 4.89. The van der Waals surface area contributed by atoms with Crippen LogP contribution in [0.1, 0.15) is 49.6 Å². The van der Waals surface area contributed by atoms with Gasteiger partial charge in [-0.1, -0.05) is 90.9 Å². The second-order valence-corrected chi connectivity index (χ2v) is 9.31. The van der Waals surface area contributed by atoms with E-state index in [-0.39, 0.29) is 0 Å². The number of ether oxygens (including phenoxy) is 1. The number of nitrogens with zero attached hydrogens (tertiary/aromatic N) is 1. The van der Waals surface area contributed by atoms with E-state index in [1.54, 1.807) is 0 Å². The minimum atomic E-state index is -0.758. The van der Waals surface area contributed by atoms with Gasteiger partial charge in [0.05, 0.1) is 5.41 Å². The van der Waals surface area contributed by atoms with E-state index in [0.717, 1.165) is 27.8 Å². The average molecular weight is 497 g/mol. The summed E-state index contributed by atoms with van der Waals surface area (Å²) in [6.07, 6.45) is 0.952. The molecule has 0 aliphatic heterocycles. The number of carbonyl (C=O) groups is 2. The van der Waals surface area contributed by atoms with Gasteiger partial charge in [0.2, 0.25) is 0 Å². The van der Waals surface area contributed by atoms with Gasteiger partial charge in [-0.3, -0.25) is 10.1 Å². The van der Waals surface area contributed by atoms with E-state index >= 15 is 0 Å². The van der Waals surface area contributed by atoms with Crippen molar-refractivity contribution in [2.75, 3.05) is 5.32 Å². The molecule has 37 heavy (non-hydrogen) atoms. The molecule has 3 aromatic carbocycles. The van der Waals surface area contributed by atoms with Gasteiger partial charge in [-0.15, -0.1) is 0 Å². The van der Waals surface area contributed by atoms with E-state index in [0.29, 0.717) is 36.4 Å². The number of nitrogens with one attached hydrogen (secondary N) is 1. The van der Waals surface area contributed by atoms with Crippen molar-refractivity contribution in [2.24, 2.45) is 0 Å². The quantitative estimate of drug-likeness (QED) is 0.272. The summed E-state index contributed by atoms with van der Waals surface area (Å²) >= 11 is 0. The van der Waals surface area contributed by atoms with E-state index in [1.165, 1.54) is 0 Å². The number of hydrogen-bond acceptors (Lipinski definition) is 5. The Balaban J connectivity index is 1.32. The Morgan fingerprint density at radius 3 is 2.14 bits per heavy atom. The first kappa shape index (κ1) is 24.3. The van der Waals surface area contributed by atoms with Crippen molar-refractivity contribution in [1.29, 1.82) is 0 Å². The molecular formula is C30H28N2O5. The summed E-state index contributed by atoms with van der Waals surface area (Å²) in [7, 11) is 0. The molecule has 2 N–H and O–H groups in total.